The summed E-state index contributed by atoms with van der Waals surface area (Å²) in [5.74, 6) is 0.311. The lowest BCUT2D eigenvalue weighted by Gasteiger charge is -2.42. The number of methoxy groups -OCH3 is 1. The van der Waals surface area contributed by atoms with Gasteiger partial charge in [-0.3, -0.25) is 4.90 Å². The molecule has 3 heterocycles. The van der Waals surface area contributed by atoms with E-state index in [0.717, 1.165) is 32.5 Å². The number of piperidine rings is 1. The van der Waals surface area contributed by atoms with Crippen LogP contribution in [-0.2, 0) is 21.3 Å². The summed E-state index contributed by atoms with van der Waals surface area (Å²) in [7, 11) is -1.41. The predicted octanol–water partition coefficient (Wildman–Crippen LogP) is 1.87. The lowest BCUT2D eigenvalue weighted by atomic mass is 9.71. The third-order valence-corrected chi connectivity index (χ3v) is 7.40. The van der Waals surface area contributed by atoms with Gasteiger partial charge in [0.25, 0.3) is 0 Å². The van der Waals surface area contributed by atoms with Crippen LogP contribution in [0.2, 0.25) is 0 Å². The van der Waals surface area contributed by atoms with E-state index in [1.54, 1.807) is 22.8 Å². The van der Waals surface area contributed by atoms with Gasteiger partial charge in [0.1, 0.15) is 0 Å². The van der Waals surface area contributed by atoms with Gasteiger partial charge >= 0.3 is 0 Å². The molecular formula is C16H26N2O3S2. The molecule has 0 saturated carbocycles. The molecule has 0 radical (unpaired) electrons. The molecule has 1 spiro atoms. The molecule has 1 atom stereocenters. The van der Waals surface area contributed by atoms with Gasteiger partial charge in [0.15, 0.2) is 0 Å². The fourth-order valence-electron chi connectivity index (χ4n) is 4.03. The Balaban J connectivity index is 1.66. The summed E-state index contributed by atoms with van der Waals surface area (Å²) in [6.07, 6.45) is 3.43. The van der Waals surface area contributed by atoms with Gasteiger partial charge in [-0.1, -0.05) is 0 Å². The van der Waals surface area contributed by atoms with E-state index in [-0.39, 0.29) is 5.41 Å². The van der Waals surface area contributed by atoms with E-state index < -0.39 is 10.0 Å². The van der Waals surface area contributed by atoms with Gasteiger partial charge in [0, 0.05) is 32.7 Å². The van der Waals surface area contributed by atoms with Gasteiger partial charge in [-0.2, -0.15) is 11.3 Å². The molecule has 0 aromatic carbocycles. The van der Waals surface area contributed by atoms with Gasteiger partial charge < -0.3 is 4.74 Å². The fourth-order valence-corrected chi connectivity index (χ4v) is 5.63. The molecule has 0 amide bonds. The van der Waals surface area contributed by atoms with Crippen molar-refractivity contribution in [3.63, 3.8) is 0 Å². The first-order valence-corrected chi connectivity index (χ1v) is 10.9. The van der Waals surface area contributed by atoms with Crippen LogP contribution in [0.3, 0.4) is 0 Å². The average Bonchev–Trinajstić information content (AvgIpc) is 3.11. The Labute approximate surface area is 143 Å². The third kappa shape index (κ3) is 3.79. The van der Waals surface area contributed by atoms with Crippen LogP contribution in [0.4, 0.5) is 0 Å². The van der Waals surface area contributed by atoms with Crippen LogP contribution in [-0.4, -0.2) is 63.8 Å². The molecule has 0 N–H and O–H groups in total. The van der Waals surface area contributed by atoms with Crippen molar-refractivity contribution in [3.05, 3.63) is 22.4 Å². The summed E-state index contributed by atoms with van der Waals surface area (Å²) in [5.41, 5.74) is 1.47. The van der Waals surface area contributed by atoms with Crippen molar-refractivity contribution in [2.24, 2.45) is 11.3 Å². The summed E-state index contributed by atoms with van der Waals surface area (Å²) in [5, 5.41) is 4.33. The van der Waals surface area contributed by atoms with Crippen molar-refractivity contribution in [2.45, 2.75) is 19.4 Å². The maximum Gasteiger partial charge on any atom is 0.211 e. The first-order chi connectivity index (χ1) is 10.9. The van der Waals surface area contributed by atoms with E-state index in [1.165, 1.54) is 11.8 Å². The Kier molecular flexibility index (Phi) is 5.13. The van der Waals surface area contributed by atoms with E-state index in [4.69, 9.17) is 4.74 Å². The van der Waals surface area contributed by atoms with Gasteiger partial charge in [-0.25, -0.2) is 12.7 Å². The average molecular weight is 359 g/mol. The highest BCUT2D eigenvalue weighted by atomic mass is 32.2. The second-order valence-corrected chi connectivity index (χ2v) is 9.74. The van der Waals surface area contributed by atoms with Gasteiger partial charge in [-0.05, 0) is 53.7 Å². The summed E-state index contributed by atoms with van der Waals surface area (Å²) < 4.78 is 31.0. The topological polar surface area (TPSA) is 49.9 Å². The molecule has 2 aliphatic rings. The lowest BCUT2D eigenvalue weighted by Crippen LogP contribution is -2.45. The molecule has 0 bridgehead atoms. The van der Waals surface area contributed by atoms with Crippen molar-refractivity contribution >= 4 is 21.4 Å². The molecule has 3 rings (SSSR count). The van der Waals surface area contributed by atoms with Gasteiger partial charge in [0.2, 0.25) is 10.0 Å². The number of ether oxygens (including phenoxy) is 1. The molecule has 7 heteroatoms. The number of sulfonamides is 1. The molecule has 2 fully saturated rings. The van der Waals surface area contributed by atoms with Crippen LogP contribution >= 0.6 is 11.3 Å². The Morgan fingerprint density at radius 3 is 2.70 bits per heavy atom. The highest BCUT2D eigenvalue weighted by Crippen LogP contribution is 2.45. The van der Waals surface area contributed by atoms with Crippen molar-refractivity contribution in [1.82, 2.24) is 9.21 Å². The van der Waals surface area contributed by atoms with Crippen LogP contribution in [0, 0.1) is 11.3 Å². The Morgan fingerprint density at radius 2 is 2.13 bits per heavy atom. The van der Waals surface area contributed by atoms with Crippen molar-refractivity contribution in [1.29, 1.82) is 0 Å². The number of thiophene rings is 1. The second-order valence-electron chi connectivity index (χ2n) is 6.98. The maximum atomic E-state index is 12.0. The standard InChI is InChI=1S/C16H26N2O3S2/c1-21-11-15-10-18(23(2,19)20)13-16(15)4-6-17(7-5-16)9-14-3-8-22-12-14/h3,8,12,15H,4-7,9-11,13H2,1-2H3/t15-/m1/s1. The summed E-state index contributed by atoms with van der Waals surface area (Å²) >= 11 is 1.74. The number of hydrogen-bond acceptors (Lipinski definition) is 5. The van der Waals surface area contributed by atoms with Gasteiger partial charge in [-0.15, -0.1) is 0 Å². The highest BCUT2D eigenvalue weighted by molar-refractivity contribution is 7.88. The molecular weight excluding hydrogens is 332 g/mol. The molecule has 1 aromatic heterocycles. The van der Waals surface area contributed by atoms with Crippen LogP contribution in [0.5, 0.6) is 0 Å². The Hall–Kier alpha value is -0.470. The summed E-state index contributed by atoms with van der Waals surface area (Å²) in [6, 6.07) is 2.18. The minimum absolute atomic E-state index is 0.0875. The highest BCUT2D eigenvalue weighted by Gasteiger charge is 2.49. The number of hydrogen-bond donors (Lipinski definition) is 0. The lowest BCUT2D eigenvalue weighted by molar-refractivity contribution is 0.0358. The largest absolute Gasteiger partial charge is 0.384 e. The number of rotatable bonds is 5. The number of likely N-dealkylation sites (tertiary alicyclic amines) is 1. The molecule has 1 aromatic rings. The number of nitrogens with zero attached hydrogens (tertiary/aromatic N) is 2. The quantitative estimate of drug-likeness (QED) is 0.806. The predicted molar refractivity (Wildman–Crippen MR) is 93.0 cm³/mol. The monoisotopic (exact) mass is 358 g/mol. The minimum Gasteiger partial charge on any atom is -0.384 e. The van der Waals surface area contributed by atoms with E-state index in [2.05, 4.69) is 21.7 Å². The molecule has 23 heavy (non-hydrogen) atoms. The van der Waals surface area contributed by atoms with Gasteiger partial charge in [0.05, 0.1) is 12.9 Å². The van der Waals surface area contributed by atoms with Crippen molar-refractivity contribution < 1.29 is 13.2 Å². The Bertz CT molecular complexity index is 607. The molecule has 0 unspecified atom stereocenters. The zero-order valence-corrected chi connectivity index (χ0v) is 15.5. The normalized spacial score (nSPS) is 26.1. The van der Waals surface area contributed by atoms with Crippen LogP contribution < -0.4 is 0 Å². The SMILES string of the molecule is COC[C@H]1CN(S(C)(=O)=O)CC12CCN(Cc1ccsc1)CC2. The fraction of sp³-hybridized carbons (Fsp3) is 0.750. The smallest absolute Gasteiger partial charge is 0.211 e. The van der Waals surface area contributed by atoms with Crippen LogP contribution in [0.1, 0.15) is 18.4 Å². The molecule has 5 nitrogen and oxygen atoms in total. The molecule has 0 aliphatic carbocycles. The second kappa shape index (κ2) is 6.80. The van der Waals surface area contributed by atoms with E-state index in [0.29, 0.717) is 25.6 Å². The molecule has 2 aliphatic heterocycles. The Morgan fingerprint density at radius 1 is 1.39 bits per heavy atom. The van der Waals surface area contributed by atoms with Crippen LogP contribution in [0.25, 0.3) is 0 Å². The van der Waals surface area contributed by atoms with Crippen molar-refractivity contribution in [3.8, 4) is 0 Å². The maximum absolute atomic E-state index is 12.0. The van der Waals surface area contributed by atoms with Crippen molar-refractivity contribution in [2.75, 3.05) is 46.2 Å². The summed E-state index contributed by atoms with van der Waals surface area (Å²) in [6.45, 7) is 4.99. The van der Waals surface area contributed by atoms with E-state index in [1.807, 2.05) is 0 Å². The molecule has 2 saturated heterocycles. The third-order valence-electron chi connectivity index (χ3n) is 5.46. The first-order valence-electron chi connectivity index (χ1n) is 8.10. The summed E-state index contributed by atoms with van der Waals surface area (Å²) in [4.78, 5) is 2.49. The zero-order chi connectivity index (χ0) is 16.5. The zero-order valence-electron chi connectivity index (χ0n) is 13.9. The van der Waals surface area contributed by atoms with E-state index >= 15 is 0 Å². The van der Waals surface area contributed by atoms with Crippen LogP contribution in [0.15, 0.2) is 16.8 Å². The molecule has 130 valence electrons. The van der Waals surface area contributed by atoms with E-state index in [9.17, 15) is 8.42 Å². The minimum atomic E-state index is -3.12. The first kappa shape index (κ1) is 17.4.